The first-order chi connectivity index (χ1) is 11.1. The molecule has 120 valence electrons. The average Bonchev–Trinajstić information content (AvgIpc) is 2.96. The number of aromatic nitrogens is 4. The molecule has 1 aliphatic carbocycles. The van der Waals surface area contributed by atoms with Crippen LogP contribution in [0.25, 0.3) is 5.69 Å². The molecule has 0 bridgehead atoms. The third-order valence-corrected chi connectivity index (χ3v) is 3.63. The van der Waals surface area contributed by atoms with Gasteiger partial charge in [0.15, 0.2) is 0 Å². The van der Waals surface area contributed by atoms with E-state index in [1.165, 1.54) is 18.2 Å². The zero-order chi connectivity index (χ0) is 16.4. The summed E-state index contributed by atoms with van der Waals surface area (Å²) in [7, 11) is 0. The average molecular weight is 318 g/mol. The van der Waals surface area contributed by atoms with Crippen LogP contribution in [0.4, 0.5) is 9.18 Å². The van der Waals surface area contributed by atoms with E-state index in [0.717, 1.165) is 29.0 Å². The first-order valence-electron chi connectivity index (χ1n) is 7.17. The van der Waals surface area contributed by atoms with Crippen LogP contribution in [-0.2, 0) is 0 Å². The number of benzene rings is 1. The van der Waals surface area contributed by atoms with Crippen LogP contribution in [0.5, 0.6) is 0 Å². The van der Waals surface area contributed by atoms with E-state index >= 15 is 0 Å². The fourth-order valence-electron chi connectivity index (χ4n) is 2.41. The van der Waals surface area contributed by atoms with Crippen LogP contribution in [0.3, 0.4) is 0 Å². The van der Waals surface area contributed by atoms with Gasteiger partial charge in [0.2, 0.25) is 0 Å². The molecule has 3 rings (SSSR count). The zero-order valence-corrected chi connectivity index (χ0v) is 12.2. The van der Waals surface area contributed by atoms with E-state index in [0.29, 0.717) is 16.8 Å². The summed E-state index contributed by atoms with van der Waals surface area (Å²) in [5, 5.41) is 7.94. The van der Waals surface area contributed by atoms with Crippen molar-refractivity contribution in [3.05, 3.63) is 52.3 Å². The molecule has 0 saturated heterocycles. The summed E-state index contributed by atoms with van der Waals surface area (Å²) < 4.78 is 15.0. The Hall–Kier alpha value is -2.81. The minimum absolute atomic E-state index is 0.0861. The number of amides is 1. The molecule has 1 aliphatic rings. The van der Waals surface area contributed by atoms with Crippen molar-refractivity contribution < 1.29 is 9.18 Å². The van der Waals surface area contributed by atoms with Crippen molar-refractivity contribution in [2.24, 2.45) is 5.84 Å². The van der Waals surface area contributed by atoms with Gasteiger partial charge in [0.05, 0.1) is 0 Å². The lowest BCUT2D eigenvalue weighted by Gasteiger charge is -2.21. The number of hydrazine groups is 1. The monoisotopic (exact) mass is 318 g/mol. The third-order valence-electron chi connectivity index (χ3n) is 3.63. The standard InChI is InChI=1S/C14H15FN6O2/c15-11-8-4-5-9-12(11)20-14(23)21(18-17-20)13(22)19(16)10-6-2-1-3-7-10/h4-6,8-9H,1-3,7,16H2. The molecule has 23 heavy (non-hydrogen) atoms. The van der Waals surface area contributed by atoms with Crippen molar-refractivity contribution in [3.63, 3.8) is 0 Å². The minimum Gasteiger partial charge on any atom is -0.244 e. The quantitative estimate of drug-likeness (QED) is 0.388. The Kier molecular flexibility index (Phi) is 4.02. The Labute approximate surface area is 130 Å². The molecule has 8 nitrogen and oxygen atoms in total. The molecule has 1 amide bonds. The number of nitrogens with two attached hydrogens (primary N) is 1. The van der Waals surface area contributed by atoms with Gasteiger partial charge in [0, 0.05) is 5.70 Å². The first-order valence-corrected chi connectivity index (χ1v) is 7.17. The number of carbonyl (C=O) groups is 1. The van der Waals surface area contributed by atoms with E-state index in [9.17, 15) is 14.0 Å². The molecule has 0 saturated carbocycles. The topological polar surface area (TPSA) is 99.0 Å². The molecular weight excluding hydrogens is 303 g/mol. The molecule has 0 atom stereocenters. The summed E-state index contributed by atoms with van der Waals surface area (Å²) in [6.07, 6.45) is 5.29. The number of hydrogen-bond acceptors (Lipinski definition) is 5. The minimum atomic E-state index is -0.882. The Balaban J connectivity index is 1.93. The summed E-state index contributed by atoms with van der Waals surface area (Å²) in [6.45, 7) is 0. The van der Waals surface area contributed by atoms with E-state index in [1.54, 1.807) is 6.07 Å². The predicted molar refractivity (Wildman–Crippen MR) is 78.9 cm³/mol. The van der Waals surface area contributed by atoms with E-state index in [1.807, 2.05) is 6.08 Å². The smallest absolute Gasteiger partial charge is 0.244 e. The lowest BCUT2D eigenvalue weighted by atomic mass is 10.0. The highest BCUT2D eigenvalue weighted by molar-refractivity contribution is 5.76. The van der Waals surface area contributed by atoms with Gasteiger partial charge in [-0.25, -0.2) is 24.8 Å². The van der Waals surface area contributed by atoms with Crippen LogP contribution < -0.4 is 11.5 Å². The number of tetrazole rings is 1. The molecule has 2 N–H and O–H groups in total. The maximum atomic E-state index is 13.7. The summed E-state index contributed by atoms with van der Waals surface area (Å²) in [6, 6.07) is 4.75. The number of para-hydroxylation sites is 1. The van der Waals surface area contributed by atoms with Gasteiger partial charge < -0.3 is 0 Å². The Morgan fingerprint density at radius 2 is 2.04 bits per heavy atom. The van der Waals surface area contributed by atoms with E-state index in [4.69, 9.17) is 5.84 Å². The molecule has 2 aromatic rings. The Bertz CT molecular complexity index is 825. The fourth-order valence-corrected chi connectivity index (χ4v) is 2.41. The van der Waals surface area contributed by atoms with Crippen LogP contribution in [0.15, 0.2) is 40.8 Å². The van der Waals surface area contributed by atoms with Gasteiger partial charge in [0.25, 0.3) is 0 Å². The highest BCUT2D eigenvalue weighted by Crippen LogP contribution is 2.19. The SMILES string of the molecule is NN(C(=O)n1nnn(-c2ccccc2F)c1=O)C1=CCCCC1. The number of hydrogen-bond donors (Lipinski definition) is 1. The van der Waals surface area contributed by atoms with Crippen molar-refractivity contribution in [1.82, 2.24) is 24.8 Å². The van der Waals surface area contributed by atoms with Gasteiger partial charge >= 0.3 is 11.7 Å². The number of carbonyl (C=O) groups excluding carboxylic acids is 1. The summed E-state index contributed by atoms with van der Waals surface area (Å²) >= 11 is 0. The molecule has 0 unspecified atom stereocenters. The second-order valence-electron chi connectivity index (χ2n) is 5.13. The summed E-state index contributed by atoms with van der Waals surface area (Å²) in [4.78, 5) is 24.6. The zero-order valence-electron chi connectivity index (χ0n) is 12.2. The summed E-state index contributed by atoms with van der Waals surface area (Å²) in [5.41, 5.74) is -0.336. The van der Waals surface area contributed by atoms with Crippen LogP contribution in [0, 0.1) is 5.82 Å². The summed E-state index contributed by atoms with van der Waals surface area (Å²) in [5.74, 6) is 5.13. The Morgan fingerprint density at radius 1 is 1.26 bits per heavy atom. The van der Waals surface area contributed by atoms with Crippen LogP contribution in [0.2, 0.25) is 0 Å². The molecule has 1 aromatic heterocycles. The molecule has 1 heterocycles. The van der Waals surface area contributed by atoms with Crippen LogP contribution >= 0.6 is 0 Å². The second-order valence-corrected chi connectivity index (χ2v) is 5.13. The molecule has 0 aliphatic heterocycles. The van der Waals surface area contributed by atoms with Crippen molar-refractivity contribution >= 4 is 6.03 Å². The number of rotatable bonds is 2. The molecule has 9 heteroatoms. The third kappa shape index (κ3) is 2.78. The van der Waals surface area contributed by atoms with Gasteiger partial charge in [-0.2, -0.15) is 4.68 Å². The predicted octanol–water partition coefficient (Wildman–Crippen LogP) is 1.17. The molecule has 0 radical (unpaired) electrons. The van der Waals surface area contributed by atoms with E-state index < -0.39 is 17.5 Å². The van der Waals surface area contributed by atoms with Gasteiger partial charge in [-0.15, -0.1) is 4.68 Å². The van der Waals surface area contributed by atoms with Crippen molar-refractivity contribution in [1.29, 1.82) is 0 Å². The van der Waals surface area contributed by atoms with Gasteiger partial charge in [0.1, 0.15) is 11.5 Å². The van der Waals surface area contributed by atoms with Crippen LogP contribution in [0.1, 0.15) is 25.7 Å². The highest BCUT2D eigenvalue weighted by Gasteiger charge is 2.23. The largest absolute Gasteiger partial charge is 0.377 e. The number of halogens is 1. The molecular formula is C14H15FN6O2. The maximum Gasteiger partial charge on any atom is 0.377 e. The molecule has 1 aromatic carbocycles. The number of allylic oxidation sites excluding steroid dienone is 2. The van der Waals surface area contributed by atoms with Gasteiger partial charge in [-0.1, -0.05) is 18.2 Å². The van der Waals surface area contributed by atoms with Gasteiger partial charge in [-0.05, 0) is 48.2 Å². The number of nitrogens with zero attached hydrogens (tertiary/aromatic N) is 5. The van der Waals surface area contributed by atoms with E-state index in [2.05, 4.69) is 10.4 Å². The van der Waals surface area contributed by atoms with Crippen molar-refractivity contribution in [2.75, 3.05) is 0 Å². The van der Waals surface area contributed by atoms with E-state index in [-0.39, 0.29) is 5.69 Å². The maximum absolute atomic E-state index is 13.7. The Morgan fingerprint density at radius 3 is 2.74 bits per heavy atom. The van der Waals surface area contributed by atoms with Crippen LogP contribution in [-0.4, -0.2) is 30.8 Å². The highest BCUT2D eigenvalue weighted by atomic mass is 19.1. The first kappa shape index (κ1) is 15.1. The van der Waals surface area contributed by atoms with Crippen molar-refractivity contribution in [2.45, 2.75) is 25.7 Å². The van der Waals surface area contributed by atoms with Gasteiger partial charge in [-0.3, -0.25) is 0 Å². The normalized spacial score (nSPS) is 14.4. The lowest BCUT2D eigenvalue weighted by molar-refractivity contribution is 0.206. The van der Waals surface area contributed by atoms with Crippen molar-refractivity contribution in [3.8, 4) is 5.69 Å². The molecule has 0 spiro atoms. The molecule has 0 fully saturated rings. The fraction of sp³-hybridized carbons (Fsp3) is 0.286. The lowest BCUT2D eigenvalue weighted by Crippen LogP contribution is -2.44. The second kappa shape index (κ2) is 6.13.